The third-order valence-corrected chi connectivity index (χ3v) is 4.35. The molecule has 1 heterocycles. The highest BCUT2D eigenvalue weighted by Crippen LogP contribution is 2.32. The Kier molecular flexibility index (Phi) is 5.74. The van der Waals surface area contributed by atoms with Gasteiger partial charge < -0.3 is 14.6 Å². The zero-order chi connectivity index (χ0) is 17.9. The lowest BCUT2D eigenvalue weighted by Gasteiger charge is -2.14. The minimum atomic E-state index is -1.27. The maximum atomic E-state index is 12.4. The van der Waals surface area contributed by atoms with E-state index in [1.54, 1.807) is 32.1 Å². The van der Waals surface area contributed by atoms with Crippen molar-refractivity contribution in [3.05, 3.63) is 40.3 Å². The van der Waals surface area contributed by atoms with E-state index in [2.05, 4.69) is 0 Å². The molecule has 24 heavy (non-hydrogen) atoms. The molecule has 1 aromatic carbocycles. The molecule has 0 N–H and O–H groups in total. The number of carbonyl (C=O) groups is 3. The van der Waals surface area contributed by atoms with E-state index >= 15 is 0 Å². The second-order valence-corrected chi connectivity index (χ2v) is 6.89. The van der Waals surface area contributed by atoms with E-state index in [0.717, 1.165) is 11.8 Å². The molecule has 1 saturated heterocycles. The summed E-state index contributed by atoms with van der Waals surface area (Å²) >= 11 is 6.21. The SMILES string of the molecule is CC(C)OC(=O)CN1C(=O)/C(=C/c2ccc(C(=O)[O-])cc2)SC1=S. The highest BCUT2D eigenvalue weighted by Gasteiger charge is 2.33. The standard InChI is InChI=1S/C16H15NO5S2/c1-9(2)22-13(18)8-17-14(19)12(24-16(17)23)7-10-3-5-11(6-4-10)15(20)21/h3-7,9H,8H2,1-2H3,(H,20,21)/p-1/b12-7-. The minimum absolute atomic E-state index is 0.0520. The number of aromatic carboxylic acids is 1. The number of esters is 1. The molecule has 8 heteroatoms. The fourth-order valence-corrected chi connectivity index (χ4v) is 3.19. The molecule has 1 amide bonds. The van der Waals surface area contributed by atoms with E-state index in [1.807, 2.05) is 0 Å². The molecule has 2 rings (SSSR count). The molecular formula is C16H14NO5S2-. The Bertz CT molecular complexity index is 724. The van der Waals surface area contributed by atoms with Crippen molar-refractivity contribution >= 4 is 52.2 Å². The van der Waals surface area contributed by atoms with Crippen molar-refractivity contribution in [1.29, 1.82) is 0 Å². The van der Waals surface area contributed by atoms with Crippen LogP contribution in [0.5, 0.6) is 0 Å². The van der Waals surface area contributed by atoms with Crippen LogP contribution in [0.1, 0.15) is 29.8 Å². The van der Waals surface area contributed by atoms with Crippen molar-refractivity contribution in [1.82, 2.24) is 4.90 Å². The molecule has 0 aliphatic carbocycles. The number of nitrogens with zero attached hydrogens (tertiary/aromatic N) is 1. The smallest absolute Gasteiger partial charge is 0.326 e. The van der Waals surface area contributed by atoms with Gasteiger partial charge in [-0.05, 0) is 31.1 Å². The van der Waals surface area contributed by atoms with Gasteiger partial charge in [-0.3, -0.25) is 14.5 Å². The first-order valence-corrected chi connectivity index (χ1v) is 8.26. The summed E-state index contributed by atoms with van der Waals surface area (Å²) in [6.07, 6.45) is 1.32. The van der Waals surface area contributed by atoms with E-state index in [1.165, 1.54) is 17.0 Å². The fourth-order valence-electron chi connectivity index (χ4n) is 1.93. The molecule has 6 nitrogen and oxygen atoms in total. The third kappa shape index (κ3) is 4.42. The number of carboxylic acid groups (broad SMARTS) is 1. The van der Waals surface area contributed by atoms with Crippen molar-refractivity contribution in [3.63, 3.8) is 0 Å². The predicted octanol–water partition coefficient (Wildman–Crippen LogP) is 1.20. The molecule has 0 unspecified atom stereocenters. The molecule has 0 saturated carbocycles. The van der Waals surface area contributed by atoms with Gasteiger partial charge in [0.15, 0.2) is 0 Å². The number of carbonyl (C=O) groups excluding carboxylic acids is 3. The lowest BCUT2D eigenvalue weighted by Crippen LogP contribution is -2.35. The summed E-state index contributed by atoms with van der Waals surface area (Å²) in [4.78, 5) is 36.3. The maximum Gasteiger partial charge on any atom is 0.326 e. The number of thioether (sulfide) groups is 1. The molecule has 0 spiro atoms. The molecule has 0 radical (unpaired) electrons. The zero-order valence-electron chi connectivity index (χ0n) is 13.0. The first-order valence-electron chi connectivity index (χ1n) is 7.04. The summed E-state index contributed by atoms with van der Waals surface area (Å²) in [6.45, 7) is 3.21. The average Bonchev–Trinajstić information content (AvgIpc) is 2.74. The Morgan fingerprint density at radius 1 is 1.33 bits per heavy atom. The predicted molar refractivity (Wildman–Crippen MR) is 91.9 cm³/mol. The second kappa shape index (κ2) is 7.59. The van der Waals surface area contributed by atoms with E-state index in [-0.39, 0.29) is 28.4 Å². The van der Waals surface area contributed by atoms with Gasteiger partial charge >= 0.3 is 5.97 Å². The van der Waals surface area contributed by atoms with Crippen LogP contribution in [0, 0.1) is 0 Å². The summed E-state index contributed by atoms with van der Waals surface area (Å²) in [7, 11) is 0. The molecule has 1 aliphatic rings. The van der Waals surface area contributed by atoms with Gasteiger partial charge in [-0.1, -0.05) is 48.2 Å². The first kappa shape index (κ1) is 18.2. The highest BCUT2D eigenvalue weighted by molar-refractivity contribution is 8.26. The number of hydrogen-bond acceptors (Lipinski definition) is 7. The third-order valence-electron chi connectivity index (χ3n) is 2.97. The molecule has 1 aliphatic heterocycles. The molecule has 1 fully saturated rings. The minimum Gasteiger partial charge on any atom is -0.545 e. The van der Waals surface area contributed by atoms with Crippen LogP contribution in [0.3, 0.4) is 0 Å². The number of hydrogen-bond donors (Lipinski definition) is 0. The zero-order valence-corrected chi connectivity index (χ0v) is 14.6. The molecule has 0 bridgehead atoms. The Hall–Kier alpha value is -2.19. The number of benzene rings is 1. The Morgan fingerprint density at radius 3 is 2.50 bits per heavy atom. The van der Waals surface area contributed by atoms with Crippen molar-refractivity contribution in [2.75, 3.05) is 6.54 Å². The van der Waals surface area contributed by atoms with Crippen molar-refractivity contribution < 1.29 is 24.2 Å². The van der Waals surface area contributed by atoms with Crippen LogP contribution in [0.15, 0.2) is 29.2 Å². The number of carboxylic acids is 1. The Morgan fingerprint density at radius 2 is 1.96 bits per heavy atom. The van der Waals surface area contributed by atoms with Gasteiger partial charge in [0.2, 0.25) is 0 Å². The largest absolute Gasteiger partial charge is 0.545 e. The van der Waals surface area contributed by atoms with Gasteiger partial charge in [0.25, 0.3) is 5.91 Å². The molecule has 1 aromatic rings. The topological polar surface area (TPSA) is 86.7 Å². The number of amides is 1. The van der Waals surface area contributed by atoms with Crippen LogP contribution in [-0.2, 0) is 14.3 Å². The number of ether oxygens (including phenoxy) is 1. The summed E-state index contributed by atoms with van der Waals surface area (Å²) in [5, 5.41) is 10.7. The second-order valence-electron chi connectivity index (χ2n) is 5.22. The van der Waals surface area contributed by atoms with E-state index in [9.17, 15) is 19.5 Å². The summed E-state index contributed by atoms with van der Waals surface area (Å²) in [5.41, 5.74) is 0.696. The molecule has 0 aromatic heterocycles. The van der Waals surface area contributed by atoms with Crippen LogP contribution in [-0.4, -0.2) is 39.7 Å². The normalized spacial score (nSPS) is 16.1. The lowest BCUT2D eigenvalue weighted by atomic mass is 10.1. The number of thiocarbonyl (C=S) groups is 1. The van der Waals surface area contributed by atoms with E-state index in [4.69, 9.17) is 17.0 Å². The maximum absolute atomic E-state index is 12.4. The van der Waals surface area contributed by atoms with Crippen molar-refractivity contribution in [3.8, 4) is 0 Å². The average molecular weight is 364 g/mol. The molecule has 126 valence electrons. The van der Waals surface area contributed by atoms with E-state index < -0.39 is 11.9 Å². The van der Waals surface area contributed by atoms with Crippen molar-refractivity contribution in [2.24, 2.45) is 0 Å². The molecule has 0 atom stereocenters. The van der Waals surface area contributed by atoms with Crippen LogP contribution in [0.4, 0.5) is 0 Å². The van der Waals surface area contributed by atoms with Crippen LogP contribution in [0.25, 0.3) is 6.08 Å². The van der Waals surface area contributed by atoms with Crippen LogP contribution in [0.2, 0.25) is 0 Å². The van der Waals surface area contributed by atoms with Gasteiger partial charge in [-0.2, -0.15) is 0 Å². The summed E-state index contributed by atoms with van der Waals surface area (Å²) in [5.74, 6) is -2.17. The van der Waals surface area contributed by atoms with Gasteiger partial charge in [0.1, 0.15) is 10.9 Å². The summed E-state index contributed by atoms with van der Waals surface area (Å²) in [6, 6.07) is 5.90. The van der Waals surface area contributed by atoms with Crippen molar-refractivity contribution in [2.45, 2.75) is 20.0 Å². The van der Waals surface area contributed by atoms with Gasteiger partial charge in [-0.15, -0.1) is 0 Å². The van der Waals surface area contributed by atoms with Gasteiger partial charge in [0.05, 0.1) is 17.0 Å². The monoisotopic (exact) mass is 364 g/mol. The highest BCUT2D eigenvalue weighted by atomic mass is 32.2. The van der Waals surface area contributed by atoms with Crippen LogP contribution >= 0.6 is 24.0 Å². The number of rotatable bonds is 5. The summed E-state index contributed by atoms with van der Waals surface area (Å²) < 4.78 is 5.29. The first-order chi connectivity index (χ1) is 11.3. The van der Waals surface area contributed by atoms with Crippen LogP contribution < -0.4 is 5.11 Å². The Balaban J connectivity index is 2.12. The fraction of sp³-hybridized carbons (Fsp3) is 0.250. The molecular weight excluding hydrogens is 350 g/mol. The quantitative estimate of drug-likeness (QED) is 0.441. The van der Waals surface area contributed by atoms with Gasteiger partial charge in [0, 0.05) is 0 Å². The van der Waals surface area contributed by atoms with E-state index in [0.29, 0.717) is 10.5 Å². The lowest BCUT2D eigenvalue weighted by molar-refractivity contribution is -0.255. The van der Waals surface area contributed by atoms with Gasteiger partial charge in [-0.25, -0.2) is 0 Å². The Labute approximate surface area is 148 Å².